The first kappa shape index (κ1) is 15.1. The van der Waals surface area contributed by atoms with Crippen LogP contribution in [0.15, 0.2) is 30.5 Å². The van der Waals surface area contributed by atoms with Gasteiger partial charge in [0.2, 0.25) is 0 Å². The lowest BCUT2D eigenvalue weighted by molar-refractivity contribution is 0.150. The molecule has 1 unspecified atom stereocenters. The zero-order valence-corrected chi connectivity index (χ0v) is 12.9. The Morgan fingerprint density at radius 1 is 1.25 bits per heavy atom. The Balaban J connectivity index is 2.05. The van der Waals surface area contributed by atoms with E-state index in [1.165, 1.54) is 5.56 Å². The molecule has 3 nitrogen and oxygen atoms in total. The number of benzene rings is 1. The minimum Gasteiger partial charge on any atom is -0.386 e. The highest BCUT2D eigenvalue weighted by atomic mass is 35.5. The Bertz CT molecular complexity index is 560. The topological polar surface area (TPSA) is 38.0 Å². The van der Waals surface area contributed by atoms with E-state index >= 15 is 0 Å². The van der Waals surface area contributed by atoms with Crippen molar-refractivity contribution in [1.29, 1.82) is 0 Å². The zero-order chi connectivity index (χ0) is 14.7. The number of rotatable bonds is 5. The summed E-state index contributed by atoms with van der Waals surface area (Å²) in [5, 5.41) is 15.1. The second-order valence-corrected chi connectivity index (χ2v) is 6.02. The summed E-state index contributed by atoms with van der Waals surface area (Å²) in [5.41, 5.74) is 3.08. The molecule has 1 aromatic heterocycles. The molecule has 0 fully saturated rings. The number of aliphatic hydroxyl groups is 1. The average Bonchev–Trinajstić information content (AvgIpc) is 2.71. The van der Waals surface area contributed by atoms with Crippen LogP contribution in [0.2, 0.25) is 5.02 Å². The van der Waals surface area contributed by atoms with E-state index in [0.29, 0.717) is 17.5 Å². The predicted molar refractivity (Wildman–Crippen MR) is 81.9 cm³/mol. The average molecular weight is 293 g/mol. The Labute approximate surface area is 125 Å². The van der Waals surface area contributed by atoms with Crippen LogP contribution in [-0.2, 0) is 13.0 Å². The number of nitrogens with zero attached hydrogens (tertiary/aromatic N) is 2. The van der Waals surface area contributed by atoms with Gasteiger partial charge in [-0.1, -0.05) is 49.7 Å². The summed E-state index contributed by atoms with van der Waals surface area (Å²) < 4.78 is 1.73. The van der Waals surface area contributed by atoms with E-state index in [2.05, 4.69) is 31.1 Å². The Hall–Kier alpha value is -1.32. The van der Waals surface area contributed by atoms with Crippen LogP contribution >= 0.6 is 11.6 Å². The van der Waals surface area contributed by atoms with Gasteiger partial charge in [0.25, 0.3) is 0 Å². The standard InChI is InChI=1S/C16H21ClN2O/c1-11(2)8-13-4-6-14(7-5-13)16(20)10-19-12(3)15(17)9-18-19/h4-7,9,11,16,20H,8,10H2,1-3H3. The highest BCUT2D eigenvalue weighted by molar-refractivity contribution is 6.31. The van der Waals surface area contributed by atoms with Crippen LogP contribution in [0, 0.1) is 12.8 Å². The van der Waals surface area contributed by atoms with E-state index in [1.54, 1.807) is 10.9 Å². The van der Waals surface area contributed by atoms with Gasteiger partial charge in [-0.25, -0.2) is 0 Å². The third-order valence-electron chi connectivity index (χ3n) is 3.40. The summed E-state index contributed by atoms with van der Waals surface area (Å²) in [6.07, 6.45) is 2.09. The van der Waals surface area contributed by atoms with Crippen molar-refractivity contribution in [3.63, 3.8) is 0 Å². The molecule has 0 spiro atoms. The van der Waals surface area contributed by atoms with Crippen LogP contribution in [0.25, 0.3) is 0 Å². The van der Waals surface area contributed by atoms with Gasteiger partial charge in [-0.05, 0) is 30.4 Å². The van der Waals surface area contributed by atoms with Crippen molar-refractivity contribution in [3.05, 3.63) is 52.3 Å². The zero-order valence-electron chi connectivity index (χ0n) is 12.2. The summed E-state index contributed by atoms with van der Waals surface area (Å²) >= 11 is 5.96. The predicted octanol–water partition coefficient (Wildman–Crippen LogP) is 3.78. The first-order chi connectivity index (χ1) is 9.47. The van der Waals surface area contributed by atoms with Crippen molar-refractivity contribution in [2.45, 2.75) is 39.8 Å². The van der Waals surface area contributed by atoms with Gasteiger partial charge in [0, 0.05) is 0 Å². The fourth-order valence-corrected chi connectivity index (χ4v) is 2.37. The molecule has 0 amide bonds. The fourth-order valence-electron chi connectivity index (χ4n) is 2.22. The molecular formula is C16H21ClN2O. The lowest BCUT2D eigenvalue weighted by Gasteiger charge is -2.13. The molecule has 0 saturated heterocycles. The summed E-state index contributed by atoms with van der Waals surface area (Å²) in [6, 6.07) is 8.15. The minimum atomic E-state index is -0.572. The number of aliphatic hydroxyl groups excluding tert-OH is 1. The van der Waals surface area contributed by atoms with Gasteiger partial charge in [-0.15, -0.1) is 0 Å². The van der Waals surface area contributed by atoms with Gasteiger partial charge in [0.15, 0.2) is 0 Å². The second kappa shape index (κ2) is 6.42. The quantitative estimate of drug-likeness (QED) is 0.911. The molecule has 0 saturated carbocycles. The summed E-state index contributed by atoms with van der Waals surface area (Å²) in [5.74, 6) is 0.639. The molecule has 0 radical (unpaired) electrons. The normalized spacial score (nSPS) is 12.9. The summed E-state index contributed by atoms with van der Waals surface area (Å²) in [4.78, 5) is 0. The number of halogens is 1. The molecule has 0 aliphatic heterocycles. The van der Waals surface area contributed by atoms with Crippen LogP contribution < -0.4 is 0 Å². The first-order valence-corrected chi connectivity index (χ1v) is 7.30. The smallest absolute Gasteiger partial charge is 0.0986 e. The van der Waals surface area contributed by atoms with Gasteiger partial charge in [0.1, 0.15) is 0 Å². The Morgan fingerprint density at radius 2 is 1.90 bits per heavy atom. The van der Waals surface area contributed by atoms with Crippen molar-refractivity contribution in [2.24, 2.45) is 5.92 Å². The van der Waals surface area contributed by atoms with Crippen LogP contribution in [-0.4, -0.2) is 14.9 Å². The molecule has 1 aromatic carbocycles. The Morgan fingerprint density at radius 3 is 2.40 bits per heavy atom. The van der Waals surface area contributed by atoms with Crippen LogP contribution in [0.3, 0.4) is 0 Å². The highest BCUT2D eigenvalue weighted by Crippen LogP contribution is 2.20. The summed E-state index contributed by atoms with van der Waals surface area (Å²) in [6.45, 7) is 6.72. The number of hydrogen-bond acceptors (Lipinski definition) is 2. The lowest BCUT2D eigenvalue weighted by Crippen LogP contribution is -2.11. The van der Waals surface area contributed by atoms with Gasteiger partial charge in [-0.2, -0.15) is 5.10 Å². The second-order valence-electron chi connectivity index (χ2n) is 5.62. The van der Waals surface area contributed by atoms with Gasteiger partial charge >= 0.3 is 0 Å². The maximum atomic E-state index is 10.3. The highest BCUT2D eigenvalue weighted by Gasteiger charge is 2.12. The third kappa shape index (κ3) is 3.62. The van der Waals surface area contributed by atoms with E-state index in [1.807, 2.05) is 19.1 Å². The van der Waals surface area contributed by atoms with Gasteiger partial charge in [0.05, 0.1) is 29.6 Å². The molecule has 2 aromatic rings. The molecule has 1 heterocycles. The van der Waals surface area contributed by atoms with Gasteiger partial charge in [-0.3, -0.25) is 4.68 Å². The van der Waals surface area contributed by atoms with E-state index in [4.69, 9.17) is 11.6 Å². The molecule has 0 bridgehead atoms. The van der Waals surface area contributed by atoms with E-state index in [0.717, 1.165) is 17.7 Å². The SMILES string of the molecule is Cc1c(Cl)cnn1CC(O)c1ccc(CC(C)C)cc1. The molecule has 0 aliphatic rings. The van der Waals surface area contributed by atoms with E-state index < -0.39 is 6.10 Å². The summed E-state index contributed by atoms with van der Waals surface area (Å²) in [7, 11) is 0. The molecule has 1 N–H and O–H groups in total. The van der Waals surface area contributed by atoms with Crippen molar-refractivity contribution in [1.82, 2.24) is 9.78 Å². The molecular weight excluding hydrogens is 272 g/mol. The van der Waals surface area contributed by atoms with E-state index in [9.17, 15) is 5.11 Å². The monoisotopic (exact) mass is 292 g/mol. The molecule has 1 atom stereocenters. The molecule has 4 heteroatoms. The maximum Gasteiger partial charge on any atom is 0.0986 e. The van der Waals surface area contributed by atoms with Gasteiger partial charge < -0.3 is 5.11 Å². The van der Waals surface area contributed by atoms with Crippen LogP contribution in [0.4, 0.5) is 0 Å². The lowest BCUT2D eigenvalue weighted by atomic mass is 10.0. The number of aromatic nitrogens is 2. The fraction of sp³-hybridized carbons (Fsp3) is 0.438. The maximum absolute atomic E-state index is 10.3. The number of hydrogen-bond donors (Lipinski definition) is 1. The molecule has 20 heavy (non-hydrogen) atoms. The molecule has 2 rings (SSSR count). The van der Waals surface area contributed by atoms with Crippen molar-refractivity contribution in [2.75, 3.05) is 0 Å². The largest absolute Gasteiger partial charge is 0.386 e. The van der Waals surface area contributed by atoms with Crippen LogP contribution in [0.1, 0.15) is 36.8 Å². The molecule has 108 valence electrons. The minimum absolute atomic E-state index is 0.419. The Kier molecular flexibility index (Phi) is 4.84. The first-order valence-electron chi connectivity index (χ1n) is 6.92. The van der Waals surface area contributed by atoms with Crippen molar-refractivity contribution in [3.8, 4) is 0 Å². The molecule has 0 aliphatic carbocycles. The van der Waals surface area contributed by atoms with Crippen LogP contribution in [0.5, 0.6) is 0 Å². The third-order valence-corrected chi connectivity index (χ3v) is 3.77. The van der Waals surface area contributed by atoms with E-state index in [-0.39, 0.29) is 0 Å². The van der Waals surface area contributed by atoms with Crippen molar-refractivity contribution >= 4 is 11.6 Å². The van der Waals surface area contributed by atoms with Crippen molar-refractivity contribution < 1.29 is 5.11 Å².